The van der Waals surface area contributed by atoms with Crippen molar-refractivity contribution in [3.8, 4) is 11.3 Å². The summed E-state index contributed by atoms with van der Waals surface area (Å²) in [6.45, 7) is 0. The molecule has 3 nitrogen and oxygen atoms in total. The largest absolute Gasteiger partial charge is 0.481 e. The molecule has 0 fully saturated rings. The number of rotatable bonds is 3. The molecule has 1 aromatic heterocycles. The van der Waals surface area contributed by atoms with Crippen LogP contribution in [-0.4, -0.2) is 16.1 Å². The van der Waals surface area contributed by atoms with Gasteiger partial charge in [0, 0.05) is 11.8 Å². The fourth-order valence-electron chi connectivity index (χ4n) is 1.58. The molecule has 0 radical (unpaired) electrons. The van der Waals surface area contributed by atoms with Crippen LogP contribution >= 0.6 is 11.6 Å². The van der Waals surface area contributed by atoms with E-state index < -0.39 is 5.97 Å². The summed E-state index contributed by atoms with van der Waals surface area (Å²) in [5.74, 6) is -1.35. The zero-order valence-corrected chi connectivity index (χ0v) is 9.99. The van der Waals surface area contributed by atoms with Gasteiger partial charge in [-0.15, -0.1) is 0 Å². The van der Waals surface area contributed by atoms with Gasteiger partial charge in [-0.3, -0.25) is 9.78 Å². The summed E-state index contributed by atoms with van der Waals surface area (Å²) in [7, 11) is 0. The summed E-state index contributed by atoms with van der Waals surface area (Å²) in [4.78, 5) is 14.7. The van der Waals surface area contributed by atoms with E-state index in [1.165, 1.54) is 18.3 Å². The predicted octanol–water partition coefficient (Wildman–Crippen LogP) is 3.17. The number of carbonyl (C=O) groups is 1. The summed E-state index contributed by atoms with van der Waals surface area (Å²) in [6.07, 6.45) is 1.18. The zero-order chi connectivity index (χ0) is 13.1. The lowest BCUT2D eigenvalue weighted by Crippen LogP contribution is -2.01. The van der Waals surface area contributed by atoms with Gasteiger partial charge in [-0.25, -0.2) is 4.39 Å². The second kappa shape index (κ2) is 5.14. The first-order chi connectivity index (χ1) is 8.56. The highest BCUT2D eigenvalue weighted by Gasteiger charge is 2.09. The first-order valence-electron chi connectivity index (χ1n) is 5.18. The molecule has 0 spiro atoms. The van der Waals surface area contributed by atoms with Gasteiger partial charge in [-0.05, 0) is 23.8 Å². The monoisotopic (exact) mass is 265 g/mol. The van der Waals surface area contributed by atoms with Crippen LogP contribution in [0.3, 0.4) is 0 Å². The van der Waals surface area contributed by atoms with Crippen molar-refractivity contribution in [3.05, 3.63) is 52.9 Å². The number of halogens is 2. The minimum atomic E-state index is -0.978. The van der Waals surface area contributed by atoms with Gasteiger partial charge in [-0.1, -0.05) is 23.7 Å². The Hall–Kier alpha value is -1.94. The van der Waals surface area contributed by atoms with Crippen molar-refractivity contribution < 1.29 is 14.3 Å². The molecule has 5 heteroatoms. The predicted molar refractivity (Wildman–Crippen MR) is 66.0 cm³/mol. The van der Waals surface area contributed by atoms with E-state index in [9.17, 15) is 9.18 Å². The van der Waals surface area contributed by atoms with Crippen LogP contribution < -0.4 is 0 Å². The lowest BCUT2D eigenvalue weighted by molar-refractivity contribution is -0.136. The van der Waals surface area contributed by atoms with Gasteiger partial charge in [0.2, 0.25) is 0 Å². The number of aromatic nitrogens is 1. The highest BCUT2D eigenvalue weighted by Crippen LogP contribution is 2.23. The zero-order valence-electron chi connectivity index (χ0n) is 9.23. The first kappa shape index (κ1) is 12.5. The number of carboxylic acid groups (broad SMARTS) is 1. The standard InChI is InChI=1S/C13H9ClFNO2/c14-11-7-16-12(5-9(11)6-13(17)18)8-2-1-3-10(15)4-8/h1-5,7H,6H2,(H,17,18). The van der Waals surface area contributed by atoms with Crippen LogP contribution in [0, 0.1) is 5.82 Å². The fraction of sp³-hybridized carbons (Fsp3) is 0.0769. The summed E-state index contributed by atoms with van der Waals surface area (Å²) in [5, 5.41) is 9.05. The smallest absolute Gasteiger partial charge is 0.307 e. The van der Waals surface area contributed by atoms with E-state index in [1.54, 1.807) is 18.2 Å². The van der Waals surface area contributed by atoms with E-state index in [2.05, 4.69) is 4.98 Å². The molecule has 0 unspecified atom stereocenters. The molecule has 1 aromatic carbocycles. The number of benzene rings is 1. The summed E-state index contributed by atoms with van der Waals surface area (Å²) >= 11 is 5.86. The third-order valence-electron chi connectivity index (χ3n) is 2.40. The molecule has 18 heavy (non-hydrogen) atoms. The molecule has 92 valence electrons. The van der Waals surface area contributed by atoms with E-state index in [4.69, 9.17) is 16.7 Å². The Morgan fingerprint density at radius 3 is 2.83 bits per heavy atom. The molecule has 1 heterocycles. The van der Waals surface area contributed by atoms with Crippen LogP contribution in [0.4, 0.5) is 4.39 Å². The Balaban J connectivity index is 2.43. The number of aliphatic carboxylic acids is 1. The number of carboxylic acids is 1. The van der Waals surface area contributed by atoms with Gasteiger partial charge in [0.25, 0.3) is 0 Å². The van der Waals surface area contributed by atoms with Gasteiger partial charge in [0.1, 0.15) is 5.82 Å². The fourth-order valence-corrected chi connectivity index (χ4v) is 1.75. The molecular formula is C13H9ClFNO2. The molecular weight excluding hydrogens is 257 g/mol. The van der Waals surface area contributed by atoms with Crippen LogP contribution in [0.5, 0.6) is 0 Å². The van der Waals surface area contributed by atoms with Gasteiger partial charge in [0.15, 0.2) is 0 Å². The lowest BCUT2D eigenvalue weighted by Gasteiger charge is -2.05. The highest BCUT2D eigenvalue weighted by molar-refractivity contribution is 6.31. The van der Waals surface area contributed by atoms with Crippen molar-refractivity contribution in [2.45, 2.75) is 6.42 Å². The lowest BCUT2D eigenvalue weighted by atomic mass is 10.1. The minimum absolute atomic E-state index is 0.191. The second-order valence-electron chi connectivity index (χ2n) is 3.74. The molecule has 2 aromatic rings. The number of hydrogen-bond acceptors (Lipinski definition) is 2. The quantitative estimate of drug-likeness (QED) is 0.927. The summed E-state index contributed by atoms with van der Waals surface area (Å²) in [6, 6.07) is 7.49. The Bertz CT molecular complexity index is 601. The van der Waals surface area contributed by atoms with Crippen molar-refractivity contribution in [3.63, 3.8) is 0 Å². The van der Waals surface area contributed by atoms with Gasteiger partial charge in [0.05, 0.1) is 17.1 Å². The van der Waals surface area contributed by atoms with Crippen LogP contribution in [-0.2, 0) is 11.2 Å². The number of hydrogen-bond donors (Lipinski definition) is 1. The Labute approximate surface area is 108 Å². The topological polar surface area (TPSA) is 50.2 Å². The third kappa shape index (κ3) is 2.84. The SMILES string of the molecule is O=C(O)Cc1cc(-c2cccc(F)c2)ncc1Cl. The van der Waals surface area contributed by atoms with Crippen molar-refractivity contribution in [2.75, 3.05) is 0 Å². The van der Waals surface area contributed by atoms with Crippen molar-refractivity contribution in [1.82, 2.24) is 4.98 Å². The maximum absolute atomic E-state index is 13.1. The van der Waals surface area contributed by atoms with Gasteiger partial charge in [-0.2, -0.15) is 0 Å². The Morgan fingerprint density at radius 1 is 1.39 bits per heavy atom. The third-order valence-corrected chi connectivity index (χ3v) is 2.74. The van der Waals surface area contributed by atoms with E-state index in [0.717, 1.165) is 0 Å². The van der Waals surface area contributed by atoms with Crippen LogP contribution in [0.2, 0.25) is 5.02 Å². The van der Waals surface area contributed by atoms with Gasteiger partial charge >= 0.3 is 5.97 Å². The van der Waals surface area contributed by atoms with Crippen molar-refractivity contribution in [1.29, 1.82) is 0 Å². The summed E-state index contributed by atoms with van der Waals surface area (Å²) < 4.78 is 13.1. The minimum Gasteiger partial charge on any atom is -0.481 e. The average Bonchev–Trinajstić information content (AvgIpc) is 2.31. The molecule has 0 amide bonds. The van der Waals surface area contributed by atoms with E-state index in [1.807, 2.05) is 0 Å². The molecule has 0 aliphatic heterocycles. The Morgan fingerprint density at radius 2 is 2.17 bits per heavy atom. The molecule has 0 aliphatic rings. The number of pyridine rings is 1. The molecule has 0 aliphatic carbocycles. The van der Waals surface area contributed by atoms with Crippen LogP contribution in [0.15, 0.2) is 36.5 Å². The maximum Gasteiger partial charge on any atom is 0.307 e. The van der Waals surface area contributed by atoms with E-state index >= 15 is 0 Å². The molecule has 0 bridgehead atoms. The maximum atomic E-state index is 13.1. The van der Waals surface area contributed by atoms with Crippen molar-refractivity contribution >= 4 is 17.6 Å². The van der Waals surface area contributed by atoms with Gasteiger partial charge < -0.3 is 5.11 Å². The van der Waals surface area contributed by atoms with E-state index in [-0.39, 0.29) is 17.3 Å². The first-order valence-corrected chi connectivity index (χ1v) is 5.56. The molecule has 0 saturated heterocycles. The normalized spacial score (nSPS) is 10.3. The Kier molecular flexibility index (Phi) is 3.58. The van der Waals surface area contributed by atoms with Crippen LogP contribution in [0.25, 0.3) is 11.3 Å². The molecule has 1 N–H and O–H groups in total. The molecule has 0 saturated carbocycles. The average molecular weight is 266 g/mol. The summed E-state index contributed by atoms with van der Waals surface area (Å²) in [5.41, 5.74) is 1.53. The van der Waals surface area contributed by atoms with Crippen LogP contribution in [0.1, 0.15) is 5.56 Å². The van der Waals surface area contributed by atoms with E-state index in [0.29, 0.717) is 16.8 Å². The highest BCUT2D eigenvalue weighted by atomic mass is 35.5. The van der Waals surface area contributed by atoms with Crippen molar-refractivity contribution in [2.24, 2.45) is 0 Å². The number of nitrogens with zero attached hydrogens (tertiary/aromatic N) is 1. The second-order valence-corrected chi connectivity index (χ2v) is 4.15. The molecule has 2 rings (SSSR count). The molecule has 0 atom stereocenters.